The summed E-state index contributed by atoms with van der Waals surface area (Å²) in [5.41, 5.74) is 6.66. The van der Waals surface area contributed by atoms with Gasteiger partial charge in [0, 0.05) is 6.54 Å². The molecule has 0 atom stereocenters. The molecule has 1 aromatic carbocycles. The molecule has 3 heteroatoms. The van der Waals surface area contributed by atoms with Crippen molar-refractivity contribution >= 4 is 5.69 Å². The van der Waals surface area contributed by atoms with E-state index in [1.807, 2.05) is 18.2 Å². The van der Waals surface area contributed by atoms with E-state index in [-0.39, 0.29) is 0 Å². The summed E-state index contributed by atoms with van der Waals surface area (Å²) in [6, 6.07) is 9.46. The van der Waals surface area contributed by atoms with Gasteiger partial charge in [0.2, 0.25) is 0 Å². The first-order valence-electron chi connectivity index (χ1n) is 3.98. The second kappa shape index (κ2) is 4.83. The van der Waals surface area contributed by atoms with Crippen molar-refractivity contribution in [3.05, 3.63) is 42.1 Å². The molecule has 0 heterocycles. The van der Waals surface area contributed by atoms with E-state index >= 15 is 0 Å². The smallest absolute Gasteiger partial charge is 0.101 e. The van der Waals surface area contributed by atoms with Gasteiger partial charge < -0.3 is 11.1 Å². The van der Waals surface area contributed by atoms with Gasteiger partial charge in [0.25, 0.3) is 0 Å². The van der Waals surface area contributed by atoms with Gasteiger partial charge in [-0.1, -0.05) is 12.1 Å². The summed E-state index contributed by atoms with van der Waals surface area (Å²) < 4.78 is 0. The zero-order valence-electron chi connectivity index (χ0n) is 7.20. The molecule has 0 saturated carbocycles. The number of anilines is 1. The van der Waals surface area contributed by atoms with Crippen molar-refractivity contribution < 1.29 is 0 Å². The number of nitrogens with zero attached hydrogens (tertiary/aromatic N) is 1. The van der Waals surface area contributed by atoms with Gasteiger partial charge in [-0.25, -0.2) is 0 Å². The van der Waals surface area contributed by atoms with Crippen molar-refractivity contribution in [1.82, 2.24) is 0 Å². The summed E-state index contributed by atoms with van der Waals surface area (Å²) in [4.78, 5) is 0. The highest BCUT2D eigenvalue weighted by Gasteiger charge is 1.96. The SMILES string of the molecule is N#Cc1ccccc1NCC=CN. The fourth-order valence-corrected chi connectivity index (χ4v) is 0.972. The highest BCUT2D eigenvalue weighted by Crippen LogP contribution is 2.12. The lowest BCUT2D eigenvalue weighted by Crippen LogP contribution is -2.00. The second-order valence-electron chi connectivity index (χ2n) is 2.47. The van der Waals surface area contributed by atoms with Gasteiger partial charge in [-0.15, -0.1) is 0 Å². The van der Waals surface area contributed by atoms with E-state index in [4.69, 9.17) is 11.0 Å². The van der Waals surface area contributed by atoms with Crippen LogP contribution in [0.3, 0.4) is 0 Å². The van der Waals surface area contributed by atoms with Crippen LogP contribution in [0.2, 0.25) is 0 Å². The van der Waals surface area contributed by atoms with Crippen LogP contribution in [0.4, 0.5) is 5.69 Å². The predicted molar refractivity (Wildman–Crippen MR) is 53.0 cm³/mol. The van der Waals surface area contributed by atoms with Crippen LogP contribution in [0.15, 0.2) is 36.5 Å². The van der Waals surface area contributed by atoms with Crippen LogP contribution in [-0.4, -0.2) is 6.54 Å². The van der Waals surface area contributed by atoms with Crippen molar-refractivity contribution in [3.8, 4) is 6.07 Å². The molecular weight excluding hydrogens is 162 g/mol. The van der Waals surface area contributed by atoms with Crippen molar-refractivity contribution in [2.75, 3.05) is 11.9 Å². The van der Waals surface area contributed by atoms with Gasteiger partial charge in [-0.3, -0.25) is 0 Å². The van der Waals surface area contributed by atoms with Gasteiger partial charge in [0.15, 0.2) is 0 Å². The quantitative estimate of drug-likeness (QED) is 0.727. The van der Waals surface area contributed by atoms with E-state index in [0.29, 0.717) is 12.1 Å². The molecule has 3 nitrogen and oxygen atoms in total. The molecule has 1 aromatic rings. The number of nitriles is 1. The van der Waals surface area contributed by atoms with E-state index in [2.05, 4.69) is 11.4 Å². The summed E-state index contributed by atoms with van der Waals surface area (Å²) in [6.45, 7) is 0.634. The van der Waals surface area contributed by atoms with Crippen LogP contribution in [0.1, 0.15) is 5.56 Å². The zero-order valence-corrected chi connectivity index (χ0v) is 7.20. The summed E-state index contributed by atoms with van der Waals surface area (Å²) >= 11 is 0. The minimum Gasteiger partial charge on any atom is -0.405 e. The van der Waals surface area contributed by atoms with E-state index in [1.165, 1.54) is 6.20 Å². The Balaban J connectivity index is 2.71. The fraction of sp³-hybridized carbons (Fsp3) is 0.100. The van der Waals surface area contributed by atoms with Gasteiger partial charge in [-0.2, -0.15) is 5.26 Å². The molecule has 0 fully saturated rings. The molecule has 0 unspecified atom stereocenters. The van der Waals surface area contributed by atoms with E-state index in [1.54, 1.807) is 12.1 Å². The van der Waals surface area contributed by atoms with Crippen LogP contribution < -0.4 is 11.1 Å². The molecule has 1 rings (SSSR count). The normalized spacial score (nSPS) is 9.77. The second-order valence-corrected chi connectivity index (χ2v) is 2.47. The van der Waals surface area contributed by atoms with Crippen molar-refractivity contribution in [1.29, 1.82) is 5.26 Å². The lowest BCUT2D eigenvalue weighted by Gasteiger charge is -2.03. The average molecular weight is 173 g/mol. The molecular formula is C10H11N3. The first kappa shape index (κ1) is 9.14. The zero-order chi connectivity index (χ0) is 9.52. The lowest BCUT2D eigenvalue weighted by molar-refractivity contribution is 1.31. The summed E-state index contributed by atoms with van der Waals surface area (Å²) in [7, 11) is 0. The monoisotopic (exact) mass is 173 g/mol. The lowest BCUT2D eigenvalue weighted by atomic mass is 10.2. The van der Waals surface area contributed by atoms with Gasteiger partial charge >= 0.3 is 0 Å². The highest BCUT2D eigenvalue weighted by molar-refractivity contribution is 5.57. The molecule has 0 saturated heterocycles. The van der Waals surface area contributed by atoms with E-state index in [9.17, 15) is 0 Å². The third-order valence-corrected chi connectivity index (χ3v) is 1.59. The molecule has 0 aliphatic heterocycles. The minimum atomic E-state index is 0.634. The standard InChI is InChI=1S/C10H11N3/c11-6-3-7-13-10-5-2-1-4-9(10)8-12/h1-6,13H,7,11H2. The summed E-state index contributed by atoms with van der Waals surface area (Å²) in [5.74, 6) is 0. The molecule has 13 heavy (non-hydrogen) atoms. The van der Waals surface area contributed by atoms with E-state index < -0.39 is 0 Å². The largest absolute Gasteiger partial charge is 0.405 e. The van der Waals surface area contributed by atoms with Crippen LogP contribution in [0.25, 0.3) is 0 Å². The Morgan fingerprint density at radius 2 is 2.23 bits per heavy atom. The van der Waals surface area contributed by atoms with Crippen molar-refractivity contribution in [2.45, 2.75) is 0 Å². The number of nitrogens with one attached hydrogen (secondary N) is 1. The van der Waals surface area contributed by atoms with Crippen LogP contribution in [0, 0.1) is 11.3 Å². The summed E-state index contributed by atoms with van der Waals surface area (Å²) in [6.07, 6.45) is 3.26. The minimum absolute atomic E-state index is 0.634. The number of hydrogen-bond acceptors (Lipinski definition) is 3. The Morgan fingerprint density at radius 3 is 2.92 bits per heavy atom. The molecule has 0 aliphatic rings. The fourth-order valence-electron chi connectivity index (χ4n) is 0.972. The van der Waals surface area contributed by atoms with Gasteiger partial charge in [-0.05, 0) is 24.4 Å². The van der Waals surface area contributed by atoms with Crippen LogP contribution >= 0.6 is 0 Å². The predicted octanol–water partition coefficient (Wildman–Crippen LogP) is 1.44. The molecule has 0 aromatic heterocycles. The number of benzene rings is 1. The Hall–Kier alpha value is -1.95. The maximum Gasteiger partial charge on any atom is 0.101 e. The first-order chi connectivity index (χ1) is 6.38. The Kier molecular flexibility index (Phi) is 3.40. The topological polar surface area (TPSA) is 61.8 Å². The number of para-hydroxylation sites is 1. The molecule has 0 spiro atoms. The maximum atomic E-state index is 8.74. The third kappa shape index (κ3) is 2.53. The van der Waals surface area contributed by atoms with E-state index in [0.717, 1.165) is 5.69 Å². The Morgan fingerprint density at radius 1 is 1.46 bits per heavy atom. The summed E-state index contributed by atoms with van der Waals surface area (Å²) in [5, 5.41) is 11.8. The Labute approximate surface area is 77.5 Å². The molecule has 66 valence electrons. The van der Waals surface area contributed by atoms with Crippen molar-refractivity contribution in [2.24, 2.45) is 5.73 Å². The maximum absolute atomic E-state index is 8.74. The van der Waals surface area contributed by atoms with Gasteiger partial charge in [0.05, 0.1) is 11.3 Å². The number of hydrogen-bond donors (Lipinski definition) is 2. The average Bonchev–Trinajstić information content (AvgIpc) is 2.19. The van der Waals surface area contributed by atoms with Gasteiger partial charge in [0.1, 0.15) is 6.07 Å². The Bertz CT molecular complexity index is 336. The number of nitrogens with two attached hydrogens (primary N) is 1. The first-order valence-corrected chi connectivity index (χ1v) is 3.98. The third-order valence-electron chi connectivity index (χ3n) is 1.59. The van der Waals surface area contributed by atoms with Crippen LogP contribution in [-0.2, 0) is 0 Å². The molecule has 0 bridgehead atoms. The highest BCUT2D eigenvalue weighted by atomic mass is 14.9. The molecule has 3 N–H and O–H groups in total. The van der Waals surface area contributed by atoms with Crippen molar-refractivity contribution in [3.63, 3.8) is 0 Å². The number of rotatable bonds is 3. The molecule has 0 aliphatic carbocycles. The molecule has 0 amide bonds. The van der Waals surface area contributed by atoms with Crippen LogP contribution in [0.5, 0.6) is 0 Å². The molecule has 0 radical (unpaired) electrons.